The number of aromatic nitrogens is 1. The van der Waals surface area contributed by atoms with Crippen LogP contribution in [0.4, 0.5) is 0 Å². The van der Waals surface area contributed by atoms with Gasteiger partial charge in [-0.15, -0.1) is 0 Å². The Balaban J connectivity index is 1.46. The Morgan fingerprint density at radius 3 is 2.62 bits per heavy atom. The summed E-state index contributed by atoms with van der Waals surface area (Å²) < 4.78 is 5.86. The third-order valence-corrected chi connectivity index (χ3v) is 4.59. The minimum Gasteiger partial charge on any atom is -0.489 e. The molecule has 3 nitrogen and oxygen atoms in total. The highest BCUT2D eigenvalue weighted by molar-refractivity contribution is 5.62. The number of nitrogens with one attached hydrogen (secondary N) is 1. The standard InChI is InChI=1S/C21H22N2O/c1-23-12-11-20-18(14-23)13-21(22-20)17-7-9-19(10-8-17)24-15-16-5-3-2-4-6-16/h2-10,13,22H,11-12,14-15H2,1H3. The van der Waals surface area contributed by atoms with E-state index in [1.54, 1.807) is 0 Å². The summed E-state index contributed by atoms with van der Waals surface area (Å²) in [6.45, 7) is 2.76. The Morgan fingerprint density at radius 1 is 1.04 bits per heavy atom. The third kappa shape index (κ3) is 3.22. The highest BCUT2D eigenvalue weighted by Gasteiger charge is 2.16. The molecular formula is C21H22N2O. The molecule has 0 amide bonds. The number of fused-ring (bicyclic) bond motifs is 1. The Labute approximate surface area is 142 Å². The van der Waals surface area contributed by atoms with Crippen molar-refractivity contribution in [1.29, 1.82) is 0 Å². The number of aromatic amines is 1. The maximum absolute atomic E-state index is 5.86. The van der Waals surface area contributed by atoms with Gasteiger partial charge >= 0.3 is 0 Å². The molecule has 0 radical (unpaired) electrons. The van der Waals surface area contributed by atoms with Crippen molar-refractivity contribution < 1.29 is 4.74 Å². The molecule has 0 saturated carbocycles. The maximum Gasteiger partial charge on any atom is 0.119 e. The Kier molecular flexibility index (Phi) is 4.09. The van der Waals surface area contributed by atoms with Crippen molar-refractivity contribution in [2.24, 2.45) is 0 Å². The topological polar surface area (TPSA) is 28.3 Å². The first-order valence-corrected chi connectivity index (χ1v) is 8.44. The third-order valence-electron chi connectivity index (χ3n) is 4.59. The minimum absolute atomic E-state index is 0.601. The zero-order valence-corrected chi connectivity index (χ0v) is 14.0. The van der Waals surface area contributed by atoms with Crippen LogP contribution in [0.5, 0.6) is 5.75 Å². The minimum atomic E-state index is 0.601. The highest BCUT2D eigenvalue weighted by Crippen LogP contribution is 2.27. The van der Waals surface area contributed by atoms with Crippen LogP contribution in [0, 0.1) is 0 Å². The quantitative estimate of drug-likeness (QED) is 0.779. The number of rotatable bonds is 4. The van der Waals surface area contributed by atoms with E-state index in [9.17, 15) is 0 Å². The maximum atomic E-state index is 5.86. The second kappa shape index (κ2) is 6.54. The lowest BCUT2D eigenvalue weighted by Crippen LogP contribution is -2.25. The van der Waals surface area contributed by atoms with Gasteiger partial charge in [-0.25, -0.2) is 0 Å². The summed E-state index contributed by atoms with van der Waals surface area (Å²) in [5.74, 6) is 0.902. The van der Waals surface area contributed by atoms with E-state index in [0.29, 0.717) is 6.61 Å². The first kappa shape index (κ1) is 15.0. The summed E-state index contributed by atoms with van der Waals surface area (Å²) >= 11 is 0. The van der Waals surface area contributed by atoms with Crippen LogP contribution in [0.2, 0.25) is 0 Å². The van der Waals surface area contributed by atoms with Gasteiger partial charge in [0.05, 0.1) is 0 Å². The molecule has 0 atom stereocenters. The average molecular weight is 318 g/mol. The van der Waals surface area contributed by atoms with Gasteiger partial charge in [0.1, 0.15) is 12.4 Å². The number of ether oxygens (including phenoxy) is 1. The van der Waals surface area contributed by atoms with Crippen LogP contribution in [0.15, 0.2) is 60.7 Å². The van der Waals surface area contributed by atoms with Crippen molar-refractivity contribution in [3.63, 3.8) is 0 Å². The van der Waals surface area contributed by atoms with Gasteiger partial charge < -0.3 is 14.6 Å². The van der Waals surface area contributed by atoms with Crippen molar-refractivity contribution in [2.75, 3.05) is 13.6 Å². The number of nitrogens with zero attached hydrogens (tertiary/aromatic N) is 1. The average Bonchev–Trinajstić information content (AvgIpc) is 3.04. The Hall–Kier alpha value is -2.52. The molecule has 2 heterocycles. The van der Waals surface area contributed by atoms with Gasteiger partial charge in [-0.3, -0.25) is 0 Å². The molecule has 1 aromatic heterocycles. The summed E-state index contributed by atoms with van der Waals surface area (Å²) in [7, 11) is 2.18. The monoisotopic (exact) mass is 318 g/mol. The molecule has 1 N–H and O–H groups in total. The Bertz CT molecular complexity index is 806. The van der Waals surface area contributed by atoms with Gasteiger partial charge in [0, 0.05) is 30.9 Å². The van der Waals surface area contributed by atoms with E-state index >= 15 is 0 Å². The fourth-order valence-electron chi connectivity index (χ4n) is 3.20. The molecule has 0 bridgehead atoms. The molecule has 0 spiro atoms. The van der Waals surface area contributed by atoms with Gasteiger partial charge in [-0.2, -0.15) is 0 Å². The summed E-state index contributed by atoms with van der Waals surface area (Å²) in [5, 5.41) is 0. The highest BCUT2D eigenvalue weighted by atomic mass is 16.5. The largest absolute Gasteiger partial charge is 0.489 e. The molecule has 122 valence electrons. The van der Waals surface area contributed by atoms with E-state index in [-0.39, 0.29) is 0 Å². The lowest BCUT2D eigenvalue weighted by Gasteiger charge is -2.21. The fraction of sp³-hybridized carbons (Fsp3) is 0.238. The van der Waals surface area contributed by atoms with E-state index in [1.807, 2.05) is 30.3 Å². The zero-order chi connectivity index (χ0) is 16.4. The molecule has 3 aromatic rings. The van der Waals surface area contributed by atoms with E-state index in [4.69, 9.17) is 4.74 Å². The van der Waals surface area contributed by atoms with Crippen LogP contribution in [0.25, 0.3) is 11.3 Å². The zero-order valence-electron chi connectivity index (χ0n) is 14.0. The number of hydrogen-bond acceptors (Lipinski definition) is 2. The predicted molar refractivity (Wildman–Crippen MR) is 97.0 cm³/mol. The summed E-state index contributed by atoms with van der Waals surface area (Å²) in [4.78, 5) is 5.94. The lowest BCUT2D eigenvalue weighted by atomic mass is 10.1. The van der Waals surface area contributed by atoms with Gasteiger partial charge in [0.25, 0.3) is 0 Å². The van der Waals surface area contributed by atoms with Crippen molar-refractivity contribution in [3.8, 4) is 17.0 Å². The normalized spacial score (nSPS) is 14.4. The molecule has 1 aliphatic rings. The van der Waals surface area contributed by atoms with Crippen molar-refractivity contribution in [3.05, 3.63) is 77.5 Å². The van der Waals surface area contributed by atoms with Crippen LogP contribution in [0.1, 0.15) is 16.8 Å². The van der Waals surface area contributed by atoms with E-state index in [0.717, 1.165) is 25.3 Å². The van der Waals surface area contributed by atoms with Gasteiger partial charge in [0.15, 0.2) is 0 Å². The molecule has 4 rings (SSSR count). The number of likely N-dealkylation sites (N-methyl/N-ethyl adjacent to an activating group) is 1. The van der Waals surface area contributed by atoms with Crippen LogP contribution in [-0.4, -0.2) is 23.5 Å². The predicted octanol–water partition coefficient (Wildman–Crippen LogP) is 4.25. The first-order valence-electron chi connectivity index (χ1n) is 8.44. The fourth-order valence-corrected chi connectivity index (χ4v) is 3.20. The Morgan fingerprint density at radius 2 is 1.83 bits per heavy atom. The SMILES string of the molecule is CN1CCc2[nH]c(-c3ccc(OCc4ccccc4)cc3)cc2C1. The smallest absolute Gasteiger partial charge is 0.119 e. The van der Waals surface area contributed by atoms with E-state index in [2.05, 4.69) is 47.3 Å². The van der Waals surface area contributed by atoms with Crippen LogP contribution in [0.3, 0.4) is 0 Å². The second-order valence-electron chi connectivity index (χ2n) is 6.47. The second-order valence-corrected chi connectivity index (χ2v) is 6.47. The molecule has 2 aromatic carbocycles. The first-order chi connectivity index (χ1) is 11.8. The van der Waals surface area contributed by atoms with Crippen molar-refractivity contribution in [1.82, 2.24) is 9.88 Å². The van der Waals surface area contributed by atoms with Crippen molar-refractivity contribution in [2.45, 2.75) is 19.6 Å². The van der Waals surface area contributed by atoms with Gasteiger partial charge in [-0.05, 0) is 54.1 Å². The summed E-state index contributed by atoms with van der Waals surface area (Å²) in [6.07, 6.45) is 1.10. The van der Waals surface area contributed by atoms with Crippen molar-refractivity contribution >= 4 is 0 Å². The number of benzene rings is 2. The molecule has 1 aliphatic heterocycles. The molecule has 3 heteroatoms. The lowest BCUT2D eigenvalue weighted by molar-refractivity contribution is 0.306. The van der Waals surface area contributed by atoms with Crippen LogP contribution >= 0.6 is 0 Å². The van der Waals surface area contributed by atoms with Crippen LogP contribution in [-0.2, 0) is 19.6 Å². The van der Waals surface area contributed by atoms with E-state index < -0.39 is 0 Å². The van der Waals surface area contributed by atoms with Crippen LogP contribution < -0.4 is 4.74 Å². The van der Waals surface area contributed by atoms with Gasteiger partial charge in [0.2, 0.25) is 0 Å². The number of H-pyrrole nitrogens is 1. The summed E-state index contributed by atoms with van der Waals surface area (Å²) in [5.41, 5.74) is 6.39. The number of hydrogen-bond donors (Lipinski definition) is 1. The molecular weight excluding hydrogens is 296 g/mol. The molecule has 0 fully saturated rings. The molecule has 0 unspecified atom stereocenters. The summed E-state index contributed by atoms with van der Waals surface area (Å²) in [6, 6.07) is 20.9. The molecule has 0 saturated heterocycles. The molecule has 24 heavy (non-hydrogen) atoms. The van der Waals surface area contributed by atoms with E-state index in [1.165, 1.54) is 28.1 Å². The molecule has 0 aliphatic carbocycles. The van der Waals surface area contributed by atoms with Gasteiger partial charge in [-0.1, -0.05) is 30.3 Å².